The molecule has 0 bridgehead atoms. The average Bonchev–Trinajstić information content (AvgIpc) is 2.58. The molecular formula is C13H19NO4. The highest BCUT2D eigenvalue weighted by molar-refractivity contribution is 5.40. The molecule has 0 saturated carbocycles. The molecule has 0 amide bonds. The van der Waals surface area contributed by atoms with Gasteiger partial charge in [-0.1, -0.05) is 0 Å². The predicted molar refractivity (Wildman–Crippen MR) is 66.2 cm³/mol. The van der Waals surface area contributed by atoms with Gasteiger partial charge >= 0.3 is 0 Å². The van der Waals surface area contributed by atoms with E-state index in [1.807, 2.05) is 20.8 Å². The zero-order chi connectivity index (χ0) is 13.7. The minimum atomic E-state index is -0.458. The second-order valence-electron chi connectivity index (χ2n) is 5.72. The first-order valence-electron chi connectivity index (χ1n) is 6.14. The second kappa shape index (κ2) is 4.09. The Morgan fingerprint density at radius 1 is 1.44 bits per heavy atom. The van der Waals surface area contributed by atoms with Crippen LogP contribution in [0.25, 0.3) is 0 Å². The van der Waals surface area contributed by atoms with Gasteiger partial charge in [0.25, 0.3) is 5.70 Å². The highest BCUT2D eigenvalue weighted by atomic mass is 16.6. The van der Waals surface area contributed by atoms with Crippen molar-refractivity contribution >= 4 is 0 Å². The third kappa shape index (κ3) is 1.82. The molecule has 0 aromatic carbocycles. The first-order chi connectivity index (χ1) is 8.28. The molecular weight excluding hydrogens is 234 g/mol. The van der Waals surface area contributed by atoms with E-state index < -0.39 is 5.92 Å². The summed E-state index contributed by atoms with van der Waals surface area (Å²) in [5.41, 5.74) is 1.30. The first kappa shape index (κ1) is 13.1. The van der Waals surface area contributed by atoms with Crippen LogP contribution in [0.5, 0.6) is 0 Å². The number of rotatable bonds is 2. The van der Waals surface area contributed by atoms with Gasteiger partial charge in [-0.2, -0.15) is 0 Å². The van der Waals surface area contributed by atoms with Crippen LogP contribution in [-0.2, 0) is 4.74 Å². The molecule has 5 nitrogen and oxygen atoms in total. The number of nitro groups is 1. The lowest BCUT2D eigenvalue weighted by atomic mass is 9.77. The Kier molecular flexibility index (Phi) is 2.97. The van der Waals surface area contributed by atoms with E-state index >= 15 is 0 Å². The van der Waals surface area contributed by atoms with Gasteiger partial charge < -0.3 is 9.84 Å². The van der Waals surface area contributed by atoms with Gasteiger partial charge in [-0.25, -0.2) is 0 Å². The number of hydrogen-bond donors (Lipinski definition) is 1. The van der Waals surface area contributed by atoms with Crippen molar-refractivity contribution in [2.45, 2.75) is 39.7 Å². The topological polar surface area (TPSA) is 72.6 Å². The van der Waals surface area contributed by atoms with E-state index in [2.05, 4.69) is 0 Å². The van der Waals surface area contributed by atoms with Crippen molar-refractivity contribution in [3.8, 4) is 0 Å². The first-order valence-corrected chi connectivity index (χ1v) is 6.14. The molecule has 18 heavy (non-hydrogen) atoms. The van der Waals surface area contributed by atoms with E-state index in [-0.39, 0.29) is 28.7 Å². The zero-order valence-electron chi connectivity index (χ0n) is 11.2. The zero-order valence-corrected chi connectivity index (χ0v) is 11.2. The number of ether oxygens (including phenoxy) is 1. The fourth-order valence-electron chi connectivity index (χ4n) is 3.05. The van der Waals surface area contributed by atoms with Crippen LogP contribution >= 0.6 is 0 Å². The number of fused-ring (bicyclic) bond motifs is 1. The SMILES string of the molecule is CC1=C2OC(C)(C)CC2C(CO)C([N+](=O)[O-])=C1C. The Labute approximate surface area is 106 Å². The third-order valence-corrected chi connectivity index (χ3v) is 3.98. The lowest BCUT2D eigenvalue weighted by molar-refractivity contribution is -0.437. The predicted octanol–water partition coefficient (Wildman–Crippen LogP) is 2.25. The van der Waals surface area contributed by atoms with Gasteiger partial charge in [-0.05, 0) is 39.7 Å². The highest BCUT2D eigenvalue weighted by Gasteiger charge is 2.49. The Bertz CT molecular complexity index is 462. The van der Waals surface area contributed by atoms with Gasteiger partial charge in [0.15, 0.2) is 0 Å². The Morgan fingerprint density at radius 3 is 2.56 bits per heavy atom. The molecule has 1 N–H and O–H groups in total. The van der Waals surface area contributed by atoms with Crippen LogP contribution in [-0.4, -0.2) is 22.2 Å². The molecule has 1 aliphatic carbocycles. The maximum absolute atomic E-state index is 11.2. The van der Waals surface area contributed by atoms with Crippen molar-refractivity contribution in [3.63, 3.8) is 0 Å². The highest BCUT2D eigenvalue weighted by Crippen LogP contribution is 2.49. The van der Waals surface area contributed by atoms with Gasteiger partial charge in [0.05, 0.1) is 17.4 Å². The Balaban J connectivity index is 2.53. The van der Waals surface area contributed by atoms with E-state index in [1.165, 1.54) is 0 Å². The van der Waals surface area contributed by atoms with Gasteiger partial charge in [-0.3, -0.25) is 10.1 Å². The lowest BCUT2D eigenvalue weighted by Gasteiger charge is -2.26. The quantitative estimate of drug-likeness (QED) is 0.605. The monoisotopic (exact) mass is 253 g/mol. The number of aliphatic hydroxyl groups excluding tert-OH is 1. The third-order valence-electron chi connectivity index (χ3n) is 3.98. The minimum Gasteiger partial charge on any atom is -0.492 e. The summed E-state index contributed by atoms with van der Waals surface area (Å²) in [6.45, 7) is 7.32. The van der Waals surface area contributed by atoms with Crippen LogP contribution < -0.4 is 0 Å². The molecule has 2 atom stereocenters. The van der Waals surface area contributed by atoms with Crippen molar-refractivity contribution in [2.75, 3.05) is 6.61 Å². The van der Waals surface area contributed by atoms with E-state index in [0.29, 0.717) is 12.0 Å². The molecule has 0 aromatic rings. The van der Waals surface area contributed by atoms with Gasteiger partial charge in [-0.15, -0.1) is 0 Å². The molecule has 5 heteroatoms. The van der Waals surface area contributed by atoms with E-state index in [4.69, 9.17) is 4.74 Å². The van der Waals surface area contributed by atoms with E-state index in [0.717, 1.165) is 11.3 Å². The van der Waals surface area contributed by atoms with Gasteiger partial charge in [0, 0.05) is 11.5 Å². The van der Waals surface area contributed by atoms with Crippen LogP contribution in [0.2, 0.25) is 0 Å². The van der Waals surface area contributed by atoms with Crippen molar-refractivity contribution in [1.29, 1.82) is 0 Å². The largest absolute Gasteiger partial charge is 0.492 e. The molecule has 1 fully saturated rings. The summed E-state index contributed by atoms with van der Waals surface area (Å²) in [5, 5.41) is 20.7. The molecule has 1 aliphatic heterocycles. The van der Waals surface area contributed by atoms with Crippen LogP contribution in [0.1, 0.15) is 34.1 Å². The molecule has 0 radical (unpaired) electrons. The lowest BCUT2D eigenvalue weighted by Crippen LogP contribution is -2.29. The summed E-state index contributed by atoms with van der Waals surface area (Å²) in [4.78, 5) is 10.8. The van der Waals surface area contributed by atoms with Crippen molar-refractivity contribution in [2.24, 2.45) is 11.8 Å². The van der Waals surface area contributed by atoms with Crippen LogP contribution in [0, 0.1) is 22.0 Å². The molecule has 0 aromatic heterocycles. The Morgan fingerprint density at radius 2 is 2.06 bits per heavy atom. The summed E-state index contributed by atoms with van der Waals surface area (Å²) < 4.78 is 5.91. The molecule has 100 valence electrons. The standard InChI is InChI=1S/C13H19NO4/c1-7-8(2)12-9(5-13(3,4)18-12)10(6-15)11(7)14(16)17/h9-10,15H,5-6H2,1-4H3. The maximum Gasteiger partial charge on any atom is 0.255 e. The summed E-state index contributed by atoms with van der Waals surface area (Å²) in [6.07, 6.45) is 0.704. The summed E-state index contributed by atoms with van der Waals surface area (Å²) in [5.74, 6) is 0.289. The summed E-state index contributed by atoms with van der Waals surface area (Å²) >= 11 is 0. The van der Waals surface area contributed by atoms with Crippen LogP contribution in [0.4, 0.5) is 0 Å². The second-order valence-corrected chi connectivity index (χ2v) is 5.72. The molecule has 0 spiro atoms. The molecule has 2 rings (SSSR count). The van der Waals surface area contributed by atoms with E-state index in [9.17, 15) is 15.2 Å². The fourth-order valence-corrected chi connectivity index (χ4v) is 3.05. The van der Waals surface area contributed by atoms with Crippen LogP contribution in [0.3, 0.4) is 0 Å². The molecule has 1 heterocycles. The summed E-state index contributed by atoms with van der Waals surface area (Å²) in [7, 11) is 0. The minimum absolute atomic E-state index is 0.0749. The maximum atomic E-state index is 11.2. The molecule has 1 saturated heterocycles. The molecule has 2 aliphatic rings. The number of aliphatic hydroxyl groups is 1. The van der Waals surface area contributed by atoms with Crippen LogP contribution in [0.15, 0.2) is 22.6 Å². The fraction of sp³-hybridized carbons (Fsp3) is 0.692. The average molecular weight is 253 g/mol. The van der Waals surface area contributed by atoms with Crippen molar-refractivity contribution in [1.82, 2.24) is 0 Å². The number of nitrogens with zero attached hydrogens (tertiary/aromatic N) is 1. The van der Waals surface area contributed by atoms with Crippen molar-refractivity contribution < 1.29 is 14.8 Å². The smallest absolute Gasteiger partial charge is 0.255 e. The normalized spacial score (nSPS) is 30.3. The van der Waals surface area contributed by atoms with E-state index in [1.54, 1.807) is 6.92 Å². The molecule has 2 unspecified atom stereocenters. The number of hydrogen-bond acceptors (Lipinski definition) is 4. The summed E-state index contributed by atoms with van der Waals surface area (Å²) in [6, 6.07) is 0. The van der Waals surface area contributed by atoms with Gasteiger partial charge in [0.1, 0.15) is 11.4 Å². The van der Waals surface area contributed by atoms with Crippen molar-refractivity contribution in [3.05, 3.63) is 32.7 Å². The number of allylic oxidation sites excluding steroid dienone is 3. The van der Waals surface area contributed by atoms with Gasteiger partial charge in [0.2, 0.25) is 0 Å². The Hall–Kier alpha value is -1.36.